The van der Waals surface area contributed by atoms with Crippen LogP contribution in [-0.4, -0.2) is 23.3 Å². The van der Waals surface area contributed by atoms with Crippen LogP contribution in [0.3, 0.4) is 0 Å². The minimum absolute atomic E-state index is 0.220. The van der Waals surface area contributed by atoms with Gasteiger partial charge in [0, 0.05) is 6.07 Å². The molecule has 0 aliphatic heterocycles. The van der Waals surface area contributed by atoms with Crippen molar-refractivity contribution in [2.24, 2.45) is 5.16 Å². The van der Waals surface area contributed by atoms with Gasteiger partial charge in [-0.2, -0.15) is 0 Å². The van der Waals surface area contributed by atoms with Crippen molar-refractivity contribution in [3.05, 3.63) is 35.1 Å². The first-order valence-electron chi connectivity index (χ1n) is 5.51. The summed E-state index contributed by atoms with van der Waals surface area (Å²) in [5.41, 5.74) is 12.2. The van der Waals surface area contributed by atoms with Gasteiger partial charge in [-0.1, -0.05) is 16.8 Å². The summed E-state index contributed by atoms with van der Waals surface area (Å²) in [6, 6.07) is 4.87. The molecule has 0 aliphatic rings. The number of aromatic nitrogens is 2. The number of benzene rings is 1. The zero-order chi connectivity index (χ0) is 14.5. The number of hydrogen-bond acceptors (Lipinski definition) is 7. The number of anilines is 2. The van der Waals surface area contributed by atoms with Crippen molar-refractivity contribution < 1.29 is 9.57 Å². The van der Waals surface area contributed by atoms with Crippen LogP contribution in [0.25, 0.3) is 0 Å². The number of oxime groups is 1. The van der Waals surface area contributed by atoms with Gasteiger partial charge in [0.2, 0.25) is 5.88 Å². The molecule has 0 bridgehead atoms. The van der Waals surface area contributed by atoms with Crippen LogP contribution in [0.1, 0.15) is 5.56 Å². The van der Waals surface area contributed by atoms with E-state index in [-0.39, 0.29) is 11.7 Å². The van der Waals surface area contributed by atoms with E-state index in [4.69, 9.17) is 27.8 Å². The van der Waals surface area contributed by atoms with Crippen molar-refractivity contribution in [3.63, 3.8) is 0 Å². The molecular weight excluding hydrogens is 282 g/mol. The van der Waals surface area contributed by atoms with Crippen molar-refractivity contribution in [1.29, 1.82) is 0 Å². The Balaban J connectivity index is 2.35. The fraction of sp³-hybridized carbons (Fsp3) is 0.0833. The predicted molar refractivity (Wildman–Crippen MR) is 77.0 cm³/mol. The minimum atomic E-state index is 0.220. The molecule has 1 aromatic heterocycles. The van der Waals surface area contributed by atoms with Gasteiger partial charge >= 0.3 is 0 Å². The third-order valence-electron chi connectivity index (χ3n) is 2.35. The van der Waals surface area contributed by atoms with E-state index in [1.165, 1.54) is 19.7 Å². The fourth-order valence-electron chi connectivity index (χ4n) is 1.38. The van der Waals surface area contributed by atoms with Crippen molar-refractivity contribution in [3.8, 4) is 11.6 Å². The Labute approximate surface area is 120 Å². The van der Waals surface area contributed by atoms with Crippen molar-refractivity contribution in [2.75, 3.05) is 18.6 Å². The number of hydrogen-bond donors (Lipinski definition) is 2. The van der Waals surface area contributed by atoms with E-state index in [0.717, 1.165) is 0 Å². The van der Waals surface area contributed by atoms with Crippen molar-refractivity contribution in [1.82, 2.24) is 9.97 Å². The molecule has 0 atom stereocenters. The summed E-state index contributed by atoms with van der Waals surface area (Å²) in [4.78, 5) is 12.5. The van der Waals surface area contributed by atoms with Gasteiger partial charge in [-0.3, -0.25) is 0 Å². The highest BCUT2D eigenvalue weighted by Crippen LogP contribution is 2.29. The largest absolute Gasteiger partial charge is 0.438 e. The molecule has 8 heteroatoms. The second-order valence-corrected chi connectivity index (χ2v) is 4.09. The van der Waals surface area contributed by atoms with Gasteiger partial charge in [-0.15, -0.1) is 0 Å². The number of ether oxygens (including phenoxy) is 1. The van der Waals surface area contributed by atoms with Gasteiger partial charge in [0.25, 0.3) is 0 Å². The number of nitrogen functional groups attached to an aromatic ring is 2. The van der Waals surface area contributed by atoms with E-state index in [0.29, 0.717) is 22.0 Å². The van der Waals surface area contributed by atoms with Crippen LogP contribution in [0.2, 0.25) is 5.02 Å². The van der Waals surface area contributed by atoms with Gasteiger partial charge in [-0.25, -0.2) is 9.97 Å². The molecule has 0 saturated carbocycles. The van der Waals surface area contributed by atoms with E-state index in [2.05, 4.69) is 20.0 Å². The Kier molecular flexibility index (Phi) is 4.21. The van der Waals surface area contributed by atoms with E-state index in [1.807, 2.05) is 0 Å². The smallest absolute Gasteiger partial charge is 0.233 e. The Morgan fingerprint density at radius 3 is 2.80 bits per heavy atom. The maximum Gasteiger partial charge on any atom is 0.233 e. The molecule has 20 heavy (non-hydrogen) atoms. The van der Waals surface area contributed by atoms with Crippen LogP contribution in [0.5, 0.6) is 11.6 Å². The molecule has 1 aromatic carbocycles. The normalized spacial score (nSPS) is 10.7. The first-order valence-corrected chi connectivity index (χ1v) is 5.89. The molecule has 0 radical (unpaired) electrons. The lowest BCUT2D eigenvalue weighted by Crippen LogP contribution is -2.02. The quantitative estimate of drug-likeness (QED) is 0.507. The number of rotatable bonds is 4. The summed E-state index contributed by atoms with van der Waals surface area (Å²) in [5.74, 6) is 0.922. The molecule has 0 unspecified atom stereocenters. The van der Waals surface area contributed by atoms with Crippen molar-refractivity contribution >= 4 is 29.3 Å². The SMILES string of the molecule is CO/N=C/c1c(N)ncnc1Oc1ccc(N)c(Cl)c1. The maximum atomic E-state index is 5.93. The molecule has 4 N–H and O–H groups in total. The fourth-order valence-corrected chi connectivity index (χ4v) is 1.55. The average molecular weight is 294 g/mol. The molecule has 7 nitrogen and oxygen atoms in total. The third kappa shape index (κ3) is 3.07. The third-order valence-corrected chi connectivity index (χ3v) is 2.68. The van der Waals surface area contributed by atoms with E-state index >= 15 is 0 Å². The Morgan fingerprint density at radius 2 is 2.10 bits per heavy atom. The Morgan fingerprint density at radius 1 is 1.30 bits per heavy atom. The number of nitrogens with zero attached hydrogens (tertiary/aromatic N) is 3. The summed E-state index contributed by atoms with van der Waals surface area (Å²) in [7, 11) is 1.41. The van der Waals surface area contributed by atoms with Crippen LogP contribution in [0.4, 0.5) is 11.5 Å². The summed E-state index contributed by atoms with van der Waals surface area (Å²) in [6.45, 7) is 0. The standard InChI is InChI=1S/C12H12ClN5O2/c1-19-18-5-8-11(15)16-6-17-12(8)20-7-2-3-10(14)9(13)4-7/h2-6H,14H2,1H3,(H2,15,16,17)/b18-5+. The molecule has 0 saturated heterocycles. The molecule has 0 amide bonds. The van der Waals surface area contributed by atoms with Gasteiger partial charge in [0.05, 0.1) is 16.9 Å². The summed E-state index contributed by atoms with van der Waals surface area (Å²) >= 11 is 5.93. The molecule has 104 valence electrons. The lowest BCUT2D eigenvalue weighted by atomic mass is 10.3. The Hall–Kier alpha value is -2.54. The highest BCUT2D eigenvalue weighted by molar-refractivity contribution is 6.33. The van der Waals surface area contributed by atoms with Crippen LogP contribution in [0.15, 0.2) is 29.7 Å². The molecule has 1 heterocycles. The first kappa shape index (κ1) is 13.9. The highest BCUT2D eigenvalue weighted by atomic mass is 35.5. The Bertz CT molecular complexity index is 648. The molecular formula is C12H12ClN5O2. The van der Waals surface area contributed by atoms with Crippen molar-refractivity contribution in [2.45, 2.75) is 0 Å². The number of halogens is 1. The lowest BCUT2D eigenvalue weighted by Gasteiger charge is -2.09. The van der Waals surface area contributed by atoms with Crippen LogP contribution in [0, 0.1) is 0 Å². The molecule has 0 fully saturated rings. The maximum absolute atomic E-state index is 5.93. The van der Waals surface area contributed by atoms with Gasteiger partial charge in [0.15, 0.2) is 0 Å². The molecule has 2 aromatic rings. The van der Waals surface area contributed by atoms with Gasteiger partial charge in [0.1, 0.15) is 30.6 Å². The summed E-state index contributed by atoms with van der Waals surface area (Å²) in [5, 5.41) is 4.01. The van der Waals surface area contributed by atoms with Gasteiger partial charge in [-0.05, 0) is 12.1 Å². The van der Waals surface area contributed by atoms with Crippen LogP contribution < -0.4 is 16.2 Å². The van der Waals surface area contributed by atoms with E-state index in [9.17, 15) is 0 Å². The zero-order valence-corrected chi connectivity index (χ0v) is 11.3. The topological polar surface area (TPSA) is 109 Å². The highest BCUT2D eigenvalue weighted by Gasteiger charge is 2.10. The van der Waals surface area contributed by atoms with Crippen LogP contribution >= 0.6 is 11.6 Å². The second-order valence-electron chi connectivity index (χ2n) is 3.68. The second kappa shape index (κ2) is 6.07. The average Bonchev–Trinajstić information content (AvgIpc) is 2.42. The predicted octanol–water partition coefficient (Wildman–Crippen LogP) is 2.07. The molecule has 0 aliphatic carbocycles. The lowest BCUT2D eigenvalue weighted by molar-refractivity contribution is 0.215. The zero-order valence-electron chi connectivity index (χ0n) is 10.6. The molecule has 0 spiro atoms. The minimum Gasteiger partial charge on any atom is -0.438 e. The number of nitrogens with two attached hydrogens (primary N) is 2. The monoisotopic (exact) mass is 293 g/mol. The van der Waals surface area contributed by atoms with E-state index < -0.39 is 0 Å². The molecule has 2 rings (SSSR count). The van der Waals surface area contributed by atoms with E-state index in [1.54, 1.807) is 18.2 Å². The van der Waals surface area contributed by atoms with Gasteiger partial charge < -0.3 is 21.0 Å². The summed E-state index contributed by atoms with van der Waals surface area (Å²) in [6.07, 6.45) is 2.65. The summed E-state index contributed by atoms with van der Waals surface area (Å²) < 4.78 is 5.61. The first-order chi connectivity index (χ1) is 9.61. The van der Waals surface area contributed by atoms with Crippen LogP contribution in [-0.2, 0) is 4.84 Å².